The van der Waals surface area contributed by atoms with E-state index < -0.39 is 0 Å². The number of hydrogen-bond acceptors (Lipinski definition) is 1. The lowest BCUT2D eigenvalue weighted by molar-refractivity contribution is 0.0248. The Bertz CT molecular complexity index is 313. The van der Waals surface area contributed by atoms with E-state index in [-0.39, 0.29) is 6.10 Å². The second-order valence-electron chi connectivity index (χ2n) is 8.44. The fourth-order valence-electron chi connectivity index (χ4n) is 6.03. The summed E-state index contributed by atoms with van der Waals surface area (Å²) in [6.45, 7) is 4.81. The summed E-state index contributed by atoms with van der Waals surface area (Å²) in [6.07, 6.45) is 13.7. The maximum absolute atomic E-state index is 10.9. The van der Waals surface area contributed by atoms with Crippen LogP contribution in [-0.4, -0.2) is 11.2 Å². The highest BCUT2D eigenvalue weighted by molar-refractivity contribution is 4.94. The molecule has 0 bridgehead atoms. The van der Waals surface area contributed by atoms with Crippen LogP contribution in [-0.2, 0) is 0 Å². The number of fused-ring (bicyclic) bond motifs is 1. The number of rotatable bonds is 3. The van der Waals surface area contributed by atoms with Crippen molar-refractivity contribution >= 4 is 0 Å². The summed E-state index contributed by atoms with van der Waals surface area (Å²) in [5, 5.41) is 10.9. The highest BCUT2D eigenvalue weighted by Gasteiger charge is 2.45. The van der Waals surface area contributed by atoms with Gasteiger partial charge in [-0.1, -0.05) is 52.4 Å². The highest BCUT2D eigenvalue weighted by Crippen LogP contribution is 2.51. The van der Waals surface area contributed by atoms with Crippen LogP contribution in [0.15, 0.2) is 0 Å². The molecular formula is C19H34O. The average Bonchev–Trinajstić information content (AvgIpc) is 2.74. The third-order valence-corrected chi connectivity index (χ3v) is 6.86. The first-order chi connectivity index (χ1) is 9.65. The summed E-state index contributed by atoms with van der Waals surface area (Å²) in [6, 6.07) is 0. The van der Waals surface area contributed by atoms with Gasteiger partial charge in [0.25, 0.3) is 0 Å². The third-order valence-electron chi connectivity index (χ3n) is 6.86. The summed E-state index contributed by atoms with van der Waals surface area (Å²) in [5.41, 5.74) is 0. The lowest BCUT2D eigenvalue weighted by atomic mass is 9.72. The van der Waals surface area contributed by atoms with Gasteiger partial charge in [-0.05, 0) is 61.2 Å². The molecule has 3 saturated carbocycles. The van der Waals surface area contributed by atoms with Crippen molar-refractivity contribution in [3.05, 3.63) is 0 Å². The lowest BCUT2D eigenvalue weighted by Gasteiger charge is -2.35. The summed E-state index contributed by atoms with van der Waals surface area (Å²) in [4.78, 5) is 0. The van der Waals surface area contributed by atoms with Crippen LogP contribution in [0.4, 0.5) is 0 Å². The molecule has 1 N–H and O–H groups in total. The van der Waals surface area contributed by atoms with Gasteiger partial charge in [0.2, 0.25) is 0 Å². The molecule has 3 aliphatic rings. The predicted molar refractivity (Wildman–Crippen MR) is 84.5 cm³/mol. The predicted octanol–water partition coefficient (Wildman–Crippen LogP) is 5.03. The molecule has 0 spiro atoms. The number of hydrogen-bond donors (Lipinski definition) is 1. The van der Waals surface area contributed by atoms with Gasteiger partial charge in [-0.3, -0.25) is 0 Å². The van der Waals surface area contributed by atoms with Crippen molar-refractivity contribution in [2.45, 2.75) is 84.2 Å². The zero-order valence-electron chi connectivity index (χ0n) is 13.6. The largest absolute Gasteiger partial charge is 0.393 e. The minimum atomic E-state index is -0.00611. The normalized spacial score (nSPS) is 47.0. The SMILES string of the molecule is C[C@@H]1CCCC(C[C@H](O)C2[C@@H]3CCCCC3C[C@@H]2C)C1. The van der Waals surface area contributed by atoms with Gasteiger partial charge < -0.3 is 5.11 Å². The van der Waals surface area contributed by atoms with Crippen LogP contribution < -0.4 is 0 Å². The van der Waals surface area contributed by atoms with Gasteiger partial charge in [-0.25, -0.2) is 0 Å². The van der Waals surface area contributed by atoms with Gasteiger partial charge in [0, 0.05) is 0 Å². The summed E-state index contributed by atoms with van der Waals surface area (Å²) < 4.78 is 0. The first-order valence-corrected chi connectivity index (χ1v) is 9.33. The second kappa shape index (κ2) is 6.38. The van der Waals surface area contributed by atoms with Crippen molar-refractivity contribution < 1.29 is 5.11 Å². The molecule has 0 aromatic carbocycles. The second-order valence-corrected chi connectivity index (χ2v) is 8.44. The van der Waals surface area contributed by atoms with Crippen molar-refractivity contribution in [3.8, 4) is 0 Å². The first-order valence-electron chi connectivity index (χ1n) is 9.33. The van der Waals surface area contributed by atoms with Gasteiger partial charge in [0.1, 0.15) is 0 Å². The molecule has 0 aliphatic heterocycles. The molecule has 20 heavy (non-hydrogen) atoms. The van der Waals surface area contributed by atoms with E-state index in [4.69, 9.17) is 0 Å². The van der Waals surface area contributed by atoms with Gasteiger partial charge in [0.05, 0.1) is 6.10 Å². The molecule has 1 heteroatoms. The van der Waals surface area contributed by atoms with Crippen LogP contribution in [0.1, 0.15) is 78.1 Å². The summed E-state index contributed by atoms with van der Waals surface area (Å²) in [7, 11) is 0. The van der Waals surface area contributed by atoms with Crippen molar-refractivity contribution in [2.24, 2.45) is 35.5 Å². The van der Waals surface area contributed by atoms with Crippen LogP contribution >= 0.6 is 0 Å². The molecule has 3 unspecified atom stereocenters. The Kier molecular flexibility index (Phi) is 4.75. The third kappa shape index (κ3) is 3.08. The molecule has 3 rings (SSSR count). The molecule has 0 saturated heterocycles. The lowest BCUT2D eigenvalue weighted by Crippen LogP contribution is -2.33. The minimum absolute atomic E-state index is 0.00611. The van der Waals surface area contributed by atoms with Crippen molar-refractivity contribution in [3.63, 3.8) is 0 Å². The van der Waals surface area contributed by atoms with Crippen LogP contribution in [0.2, 0.25) is 0 Å². The van der Waals surface area contributed by atoms with E-state index in [2.05, 4.69) is 13.8 Å². The molecule has 116 valence electrons. The fraction of sp³-hybridized carbons (Fsp3) is 1.00. The quantitative estimate of drug-likeness (QED) is 0.768. The Morgan fingerprint density at radius 2 is 1.75 bits per heavy atom. The minimum Gasteiger partial charge on any atom is -0.393 e. The van der Waals surface area contributed by atoms with Crippen LogP contribution in [0.3, 0.4) is 0 Å². The summed E-state index contributed by atoms with van der Waals surface area (Å²) >= 11 is 0. The Balaban J connectivity index is 1.59. The Labute approximate surface area is 125 Å². The monoisotopic (exact) mass is 278 g/mol. The Morgan fingerprint density at radius 1 is 0.950 bits per heavy atom. The van der Waals surface area contributed by atoms with Gasteiger partial charge in [-0.15, -0.1) is 0 Å². The molecule has 0 amide bonds. The van der Waals surface area contributed by atoms with Gasteiger partial charge in [-0.2, -0.15) is 0 Å². The number of aliphatic hydroxyl groups excluding tert-OH is 1. The Morgan fingerprint density at radius 3 is 2.55 bits per heavy atom. The molecule has 7 atom stereocenters. The van der Waals surface area contributed by atoms with E-state index in [1.807, 2.05) is 0 Å². The number of aliphatic hydroxyl groups is 1. The zero-order valence-corrected chi connectivity index (χ0v) is 13.6. The van der Waals surface area contributed by atoms with E-state index in [0.717, 1.165) is 36.0 Å². The summed E-state index contributed by atoms with van der Waals surface area (Å²) in [5.74, 6) is 4.89. The van der Waals surface area contributed by atoms with E-state index >= 15 is 0 Å². The topological polar surface area (TPSA) is 20.2 Å². The molecule has 3 fully saturated rings. The van der Waals surface area contributed by atoms with Gasteiger partial charge >= 0.3 is 0 Å². The van der Waals surface area contributed by atoms with E-state index in [9.17, 15) is 5.11 Å². The van der Waals surface area contributed by atoms with Crippen molar-refractivity contribution in [2.75, 3.05) is 0 Å². The maximum Gasteiger partial charge on any atom is 0.0576 e. The van der Waals surface area contributed by atoms with E-state index in [1.54, 1.807) is 0 Å². The molecule has 0 aromatic heterocycles. The highest BCUT2D eigenvalue weighted by atomic mass is 16.3. The van der Waals surface area contributed by atoms with E-state index in [1.165, 1.54) is 57.8 Å². The molecule has 0 aromatic rings. The zero-order chi connectivity index (χ0) is 14.1. The fourth-order valence-corrected chi connectivity index (χ4v) is 6.03. The molecule has 0 heterocycles. The maximum atomic E-state index is 10.9. The smallest absolute Gasteiger partial charge is 0.0576 e. The van der Waals surface area contributed by atoms with Crippen LogP contribution in [0, 0.1) is 35.5 Å². The molecular weight excluding hydrogens is 244 g/mol. The van der Waals surface area contributed by atoms with Crippen LogP contribution in [0.5, 0.6) is 0 Å². The van der Waals surface area contributed by atoms with Crippen molar-refractivity contribution in [1.29, 1.82) is 0 Å². The molecule has 1 nitrogen and oxygen atoms in total. The molecule has 0 radical (unpaired) electrons. The van der Waals surface area contributed by atoms with Gasteiger partial charge in [0.15, 0.2) is 0 Å². The Hall–Kier alpha value is -0.0400. The average molecular weight is 278 g/mol. The van der Waals surface area contributed by atoms with Crippen LogP contribution in [0.25, 0.3) is 0 Å². The molecule has 3 aliphatic carbocycles. The first kappa shape index (κ1) is 14.9. The standard InChI is InChI=1S/C19H34O/c1-13-6-5-7-15(10-13)12-18(20)19-14(2)11-16-8-3-4-9-17(16)19/h13-20H,3-12H2,1-2H3/t13-,14+,15?,16?,17-,18+,19?/m1/s1. The van der Waals surface area contributed by atoms with E-state index in [0.29, 0.717) is 5.92 Å². The van der Waals surface area contributed by atoms with Crippen molar-refractivity contribution in [1.82, 2.24) is 0 Å².